The molecule has 1 rings (SSSR count). The first-order valence-corrected chi connectivity index (χ1v) is 8.31. The van der Waals surface area contributed by atoms with Crippen molar-refractivity contribution in [3.05, 3.63) is 12.4 Å². The quantitative estimate of drug-likeness (QED) is 0.544. The van der Waals surface area contributed by atoms with Crippen LogP contribution in [-0.2, 0) is 0 Å². The first kappa shape index (κ1) is 16.4. The Hall–Kier alpha value is -0.660. The van der Waals surface area contributed by atoms with Gasteiger partial charge in [-0.15, -0.1) is 0 Å². The highest BCUT2D eigenvalue weighted by molar-refractivity contribution is 4.99. The summed E-state index contributed by atoms with van der Waals surface area (Å²) < 4.78 is 0. The topological polar surface area (TPSA) is 6.48 Å². The molecule has 1 aliphatic rings. The Labute approximate surface area is 120 Å². The van der Waals surface area contributed by atoms with E-state index in [-0.39, 0.29) is 0 Å². The second kappa shape index (κ2) is 8.50. The Morgan fingerprint density at radius 3 is 1.74 bits per heavy atom. The molecule has 0 unspecified atom stereocenters. The Kier molecular flexibility index (Phi) is 7.33. The molecule has 0 spiro atoms. The fourth-order valence-electron chi connectivity index (χ4n) is 2.94. The van der Waals surface area contributed by atoms with Crippen molar-refractivity contribution in [2.75, 3.05) is 0 Å². The van der Waals surface area contributed by atoms with Crippen LogP contribution in [0.1, 0.15) is 79.6 Å². The molecule has 0 radical (unpaired) electrons. The van der Waals surface area contributed by atoms with E-state index in [0.717, 1.165) is 0 Å². The first-order chi connectivity index (χ1) is 9.07. The van der Waals surface area contributed by atoms with Crippen LogP contribution in [0.4, 0.5) is 0 Å². The van der Waals surface area contributed by atoms with Crippen molar-refractivity contribution in [1.82, 2.24) is 9.80 Å². The van der Waals surface area contributed by atoms with Gasteiger partial charge in [0, 0.05) is 24.5 Å². The molecule has 0 aromatic heterocycles. The zero-order chi connectivity index (χ0) is 14.3. The Morgan fingerprint density at radius 1 is 0.789 bits per heavy atom. The van der Waals surface area contributed by atoms with E-state index in [4.69, 9.17) is 0 Å². The van der Waals surface area contributed by atoms with Gasteiger partial charge in [0.2, 0.25) is 0 Å². The van der Waals surface area contributed by atoms with E-state index in [1.165, 1.54) is 44.9 Å². The molecule has 0 N–H and O–H groups in total. The highest BCUT2D eigenvalue weighted by Gasteiger charge is 2.28. The molecule has 2 nitrogen and oxygen atoms in total. The summed E-state index contributed by atoms with van der Waals surface area (Å²) in [7, 11) is 0. The maximum atomic E-state index is 2.52. The summed E-state index contributed by atoms with van der Waals surface area (Å²) in [5, 5.41) is 0. The van der Waals surface area contributed by atoms with Crippen LogP contribution in [0, 0.1) is 0 Å². The largest absolute Gasteiger partial charge is 0.354 e. The van der Waals surface area contributed by atoms with E-state index in [1.54, 1.807) is 0 Å². The van der Waals surface area contributed by atoms with Crippen molar-refractivity contribution >= 4 is 0 Å². The zero-order valence-corrected chi connectivity index (χ0v) is 13.7. The summed E-state index contributed by atoms with van der Waals surface area (Å²) in [6.45, 7) is 11.5. The molecule has 0 atom stereocenters. The van der Waals surface area contributed by atoms with Gasteiger partial charge < -0.3 is 9.80 Å². The molecule has 19 heavy (non-hydrogen) atoms. The summed E-state index contributed by atoms with van der Waals surface area (Å²) in [5.74, 6) is 0. The van der Waals surface area contributed by atoms with Gasteiger partial charge in [-0.1, -0.05) is 39.0 Å². The van der Waals surface area contributed by atoms with Gasteiger partial charge in [-0.25, -0.2) is 0 Å². The van der Waals surface area contributed by atoms with Crippen molar-refractivity contribution in [2.45, 2.75) is 97.8 Å². The average molecular weight is 266 g/mol. The van der Waals surface area contributed by atoms with Gasteiger partial charge in [0.05, 0.1) is 0 Å². The van der Waals surface area contributed by atoms with Crippen molar-refractivity contribution in [3.8, 4) is 0 Å². The van der Waals surface area contributed by atoms with E-state index in [9.17, 15) is 0 Å². The van der Waals surface area contributed by atoms with Crippen LogP contribution in [0.15, 0.2) is 12.4 Å². The number of hydrogen-bond donors (Lipinski definition) is 0. The summed E-state index contributed by atoms with van der Waals surface area (Å²) in [4.78, 5) is 5.04. The minimum atomic E-state index is 0.589. The van der Waals surface area contributed by atoms with E-state index in [0.29, 0.717) is 18.2 Å². The van der Waals surface area contributed by atoms with Crippen LogP contribution in [0.3, 0.4) is 0 Å². The molecule has 0 aliphatic carbocycles. The second-order valence-electron chi connectivity index (χ2n) is 6.42. The van der Waals surface area contributed by atoms with Crippen molar-refractivity contribution in [1.29, 1.82) is 0 Å². The molecular weight excluding hydrogens is 232 g/mol. The standard InChI is InChI=1S/C17H34N2/c1-6-7-8-9-10-11-12-17-18(15(2)3)13-14-19(17)16(4)5/h13-17H,6-12H2,1-5H3. The molecule has 0 aromatic carbocycles. The van der Waals surface area contributed by atoms with Crippen molar-refractivity contribution < 1.29 is 0 Å². The number of nitrogens with zero attached hydrogens (tertiary/aromatic N) is 2. The van der Waals surface area contributed by atoms with E-state index < -0.39 is 0 Å². The SMILES string of the molecule is CCCCCCCCC1N(C(C)C)C=CN1C(C)C. The minimum Gasteiger partial charge on any atom is -0.354 e. The smallest absolute Gasteiger partial charge is 0.101 e. The van der Waals surface area contributed by atoms with Gasteiger partial charge in [0.25, 0.3) is 0 Å². The lowest BCUT2D eigenvalue weighted by atomic mass is 10.1. The van der Waals surface area contributed by atoms with Crippen LogP contribution in [0.25, 0.3) is 0 Å². The van der Waals surface area contributed by atoms with Crippen LogP contribution in [0.2, 0.25) is 0 Å². The van der Waals surface area contributed by atoms with E-state index >= 15 is 0 Å². The number of unbranched alkanes of at least 4 members (excludes halogenated alkanes) is 5. The maximum absolute atomic E-state index is 2.52. The van der Waals surface area contributed by atoms with Gasteiger partial charge in [0.15, 0.2) is 0 Å². The normalized spacial score (nSPS) is 16.4. The zero-order valence-electron chi connectivity index (χ0n) is 13.7. The van der Waals surface area contributed by atoms with Crippen LogP contribution in [-0.4, -0.2) is 28.0 Å². The lowest BCUT2D eigenvalue weighted by Gasteiger charge is -2.37. The number of rotatable bonds is 9. The maximum Gasteiger partial charge on any atom is 0.101 e. The molecule has 1 heterocycles. The lowest BCUT2D eigenvalue weighted by Crippen LogP contribution is -2.44. The molecule has 1 aliphatic heterocycles. The molecule has 0 saturated heterocycles. The molecule has 0 fully saturated rings. The Balaban J connectivity index is 2.34. The molecule has 112 valence electrons. The van der Waals surface area contributed by atoms with Crippen molar-refractivity contribution in [3.63, 3.8) is 0 Å². The molecule has 2 heteroatoms. The molecule has 0 amide bonds. The third-order valence-corrected chi connectivity index (χ3v) is 4.11. The third kappa shape index (κ3) is 5.08. The van der Waals surface area contributed by atoms with Crippen LogP contribution in [0.5, 0.6) is 0 Å². The van der Waals surface area contributed by atoms with Gasteiger partial charge in [-0.05, 0) is 40.5 Å². The second-order valence-corrected chi connectivity index (χ2v) is 6.42. The summed E-state index contributed by atoms with van der Waals surface area (Å²) in [6.07, 6.45) is 14.8. The predicted octanol–water partition coefficient (Wildman–Crippen LogP) is 4.97. The highest BCUT2D eigenvalue weighted by atomic mass is 15.4. The fraction of sp³-hybridized carbons (Fsp3) is 0.882. The van der Waals surface area contributed by atoms with E-state index in [2.05, 4.69) is 56.8 Å². The highest BCUT2D eigenvalue weighted by Crippen LogP contribution is 2.25. The van der Waals surface area contributed by atoms with Gasteiger partial charge in [-0.2, -0.15) is 0 Å². The third-order valence-electron chi connectivity index (χ3n) is 4.11. The summed E-state index contributed by atoms with van der Waals surface area (Å²) >= 11 is 0. The number of hydrogen-bond acceptors (Lipinski definition) is 2. The molecule has 0 bridgehead atoms. The molecule has 0 aromatic rings. The Bertz CT molecular complexity index is 240. The van der Waals surface area contributed by atoms with Crippen molar-refractivity contribution in [2.24, 2.45) is 0 Å². The molecule has 0 saturated carbocycles. The monoisotopic (exact) mass is 266 g/mol. The average Bonchev–Trinajstić information content (AvgIpc) is 2.77. The minimum absolute atomic E-state index is 0.589. The van der Waals surface area contributed by atoms with Gasteiger partial charge in [0.1, 0.15) is 6.17 Å². The van der Waals surface area contributed by atoms with Gasteiger partial charge in [-0.3, -0.25) is 0 Å². The van der Waals surface area contributed by atoms with Gasteiger partial charge >= 0.3 is 0 Å². The van der Waals surface area contributed by atoms with Crippen LogP contribution < -0.4 is 0 Å². The van der Waals surface area contributed by atoms with Crippen LogP contribution >= 0.6 is 0 Å². The van der Waals surface area contributed by atoms with E-state index in [1.807, 2.05) is 0 Å². The summed E-state index contributed by atoms with van der Waals surface area (Å²) in [5.41, 5.74) is 0. The lowest BCUT2D eigenvalue weighted by molar-refractivity contribution is 0.0946. The predicted molar refractivity (Wildman–Crippen MR) is 84.9 cm³/mol. The first-order valence-electron chi connectivity index (χ1n) is 8.31. The fourth-order valence-corrected chi connectivity index (χ4v) is 2.94. The molecular formula is C17H34N2. The Morgan fingerprint density at radius 2 is 1.26 bits per heavy atom. The summed E-state index contributed by atoms with van der Waals surface area (Å²) in [6, 6.07) is 1.20.